The Morgan fingerprint density at radius 3 is 2.60 bits per heavy atom. The third-order valence-electron chi connectivity index (χ3n) is 2.72. The van der Waals surface area contributed by atoms with E-state index < -0.39 is 0 Å². The second kappa shape index (κ2) is 7.65. The Hall–Kier alpha value is -0.610. The molecule has 0 rings (SSSR count). The lowest BCUT2D eigenvalue weighted by Gasteiger charge is -2.29. The van der Waals surface area contributed by atoms with E-state index in [-0.39, 0.29) is 18.1 Å². The molecule has 3 N–H and O–H groups in total. The quantitative estimate of drug-likeness (QED) is 0.522. The number of hydrogen-bond acceptors (Lipinski definition) is 3. The van der Waals surface area contributed by atoms with E-state index in [1.54, 1.807) is 0 Å². The van der Waals surface area contributed by atoms with Crippen LogP contribution in [0.1, 0.15) is 39.5 Å². The highest BCUT2D eigenvalue weighted by molar-refractivity contribution is 5.76. The van der Waals surface area contributed by atoms with Crippen molar-refractivity contribution in [3.8, 4) is 0 Å². The van der Waals surface area contributed by atoms with Crippen molar-refractivity contribution in [1.29, 1.82) is 0 Å². The highest BCUT2D eigenvalue weighted by atomic mass is 16.3. The molecule has 0 aromatic heterocycles. The molecule has 1 atom stereocenters. The molecule has 0 aromatic rings. The van der Waals surface area contributed by atoms with Crippen LogP contribution < -0.4 is 10.6 Å². The zero-order chi connectivity index (χ0) is 11.7. The minimum atomic E-state index is -0.258. The summed E-state index contributed by atoms with van der Waals surface area (Å²) < 4.78 is 0. The maximum Gasteiger partial charge on any atom is 0.220 e. The van der Waals surface area contributed by atoms with Crippen molar-refractivity contribution in [2.75, 3.05) is 20.2 Å². The Kier molecular flexibility index (Phi) is 7.34. The van der Waals surface area contributed by atoms with Crippen molar-refractivity contribution in [1.82, 2.24) is 10.6 Å². The van der Waals surface area contributed by atoms with Gasteiger partial charge in [-0.25, -0.2) is 0 Å². The fraction of sp³-hybridized carbons (Fsp3) is 0.909. The normalized spacial score (nSPS) is 14.7. The number of aliphatic hydroxyl groups excluding tert-OH is 1. The molecule has 0 aromatic carbocycles. The lowest BCUT2D eigenvalue weighted by molar-refractivity contribution is -0.123. The molecule has 0 spiro atoms. The zero-order valence-electron chi connectivity index (χ0n) is 10.1. The number of nitrogens with one attached hydrogen (secondary N) is 2. The summed E-state index contributed by atoms with van der Waals surface area (Å²) in [6.07, 6.45) is 2.84. The largest absolute Gasteiger partial charge is 0.396 e. The van der Waals surface area contributed by atoms with Gasteiger partial charge in [-0.3, -0.25) is 4.79 Å². The second-order valence-corrected chi connectivity index (χ2v) is 4.14. The fourth-order valence-corrected chi connectivity index (χ4v) is 1.40. The lowest BCUT2D eigenvalue weighted by atomic mass is 9.94. The van der Waals surface area contributed by atoms with Crippen molar-refractivity contribution in [2.24, 2.45) is 0 Å². The van der Waals surface area contributed by atoms with Gasteiger partial charge < -0.3 is 15.7 Å². The summed E-state index contributed by atoms with van der Waals surface area (Å²) in [4.78, 5) is 11.5. The predicted octanol–water partition coefficient (Wildman–Crippen LogP) is 0.653. The zero-order valence-corrected chi connectivity index (χ0v) is 10.1. The predicted molar refractivity (Wildman–Crippen MR) is 61.7 cm³/mol. The van der Waals surface area contributed by atoms with Crippen LogP contribution >= 0.6 is 0 Å². The number of carbonyl (C=O) groups excluding carboxylic acids is 1. The molecule has 0 heterocycles. The van der Waals surface area contributed by atoms with Crippen LogP contribution in [0, 0.1) is 0 Å². The Bertz CT molecular complexity index is 185. The SMILES string of the molecule is CCC(C)(CCO)NC(=O)CCCNC. The van der Waals surface area contributed by atoms with Crippen LogP contribution in [0.4, 0.5) is 0 Å². The Balaban J connectivity index is 3.90. The standard InChI is InChI=1S/C11H24N2O2/c1-4-11(2,7-9-14)13-10(15)6-5-8-12-3/h12,14H,4-9H2,1-3H3,(H,13,15). The molecule has 1 amide bonds. The summed E-state index contributed by atoms with van der Waals surface area (Å²) >= 11 is 0. The monoisotopic (exact) mass is 216 g/mol. The van der Waals surface area contributed by atoms with Crippen LogP contribution in [-0.4, -0.2) is 36.8 Å². The molecule has 4 heteroatoms. The Morgan fingerprint density at radius 2 is 2.13 bits per heavy atom. The average molecular weight is 216 g/mol. The Labute approximate surface area is 92.4 Å². The van der Waals surface area contributed by atoms with Gasteiger partial charge in [0.15, 0.2) is 0 Å². The summed E-state index contributed by atoms with van der Waals surface area (Å²) in [7, 11) is 1.87. The van der Waals surface area contributed by atoms with E-state index in [9.17, 15) is 4.79 Å². The number of aliphatic hydroxyl groups is 1. The van der Waals surface area contributed by atoms with Crippen molar-refractivity contribution in [2.45, 2.75) is 45.1 Å². The van der Waals surface area contributed by atoms with Gasteiger partial charge >= 0.3 is 0 Å². The van der Waals surface area contributed by atoms with Gasteiger partial charge in [-0.05, 0) is 39.8 Å². The first-order chi connectivity index (χ1) is 7.08. The van der Waals surface area contributed by atoms with Crippen LogP contribution in [0.5, 0.6) is 0 Å². The van der Waals surface area contributed by atoms with Crippen LogP contribution in [0.3, 0.4) is 0 Å². The van der Waals surface area contributed by atoms with Crippen molar-refractivity contribution in [3.63, 3.8) is 0 Å². The smallest absolute Gasteiger partial charge is 0.220 e. The van der Waals surface area contributed by atoms with Gasteiger partial charge in [-0.2, -0.15) is 0 Å². The molecule has 0 saturated carbocycles. The summed E-state index contributed by atoms with van der Waals surface area (Å²) in [6.45, 7) is 4.96. The van der Waals surface area contributed by atoms with Crippen molar-refractivity contribution in [3.05, 3.63) is 0 Å². The topological polar surface area (TPSA) is 61.4 Å². The minimum absolute atomic E-state index is 0.0723. The molecule has 0 saturated heterocycles. The number of hydrogen-bond donors (Lipinski definition) is 3. The third kappa shape index (κ3) is 6.47. The summed E-state index contributed by atoms with van der Waals surface area (Å²) in [5.41, 5.74) is -0.258. The van der Waals surface area contributed by atoms with Gasteiger partial charge in [-0.1, -0.05) is 6.92 Å². The third-order valence-corrected chi connectivity index (χ3v) is 2.72. The summed E-state index contributed by atoms with van der Waals surface area (Å²) in [5.74, 6) is 0.0723. The minimum Gasteiger partial charge on any atom is -0.396 e. The molecule has 0 bridgehead atoms. The average Bonchev–Trinajstić information content (AvgIpc) is 2.18. The molecule has 0 fully saturated rings. The molecule has 4 nitrogen and oxygen atoms in total. The number of rotatable bonds is 8. The molecule has 15 heavy (non-hydrogen) atoms. The van der Waals surface area contributed by atoms with E-state index in [0.717, 1.165) is 19.4 Å². The van der Waals surface area contributed by atoms with Crippen LogP contribution in [0.15, 0.2) is 0 Å². The van der Waals surface area contributed by atoms with Crippen molar-refractivity contribution < 1.29 is 9.90 Å². The highest BCUT2D eigenvalue weighted by Crippen LogP contribution is 2.13. The molecular formula is C11H24N2O2. The van der Waals surface area contributed by atoms with Gasteiger partial charge in [0.05, 0.1) is 0 Å². The van der Waals surface area contributed by atoms with Gasteiger partial charge in [0.2, 0.25) is 5.91 Å². The molecule has 90 valence electrons. The first-order valence-electron chi connectivity index (χ1n) is 5.64. The van der Waals surface area contributed by atoms with Gasteiger partial charge in [0.25, 0.3) is 0 Å². The second-order valence-electron chi connectivity index (χ2n) is 4.14. The van der Waals surface area contributed by atoms with E-state index >= 15 is 0 Å². The maximum absolute atomic E-state index is 11.5. The molecule has 0 aliphatic rings. The van der Waals surface area contributed by atoms with E-state index in [0.29, 0.717) is 12.8 Å². The van der Waals surface area contributed by atoms with E-state index in [2.05, 4.69) is 10.6 Å². The van der Waals surface area contributed by atoms with Gasteiger partial charge in [-0.15, -0.1) is 0 Å². The summed E-state index contributed by atoms with van der Waals surface area (Å²) in [5, 5.41) is 14.9. The van der Waals surface area contributed by atoms with Crippen LogP contribution in [0.2, 0.25) is 0 Å². The fourth-order valence-electron chi connectivity index (χ4n) is 1.40. The van der Waals surface area contributed by atoms with E-state index in [4.69, 9.17) is 5.11 Å². The van der Waals surface area contributed by atoms with Crippen LogP contribution in [-0.2, 0) is 4.79 Å². The van der Waals surface area contributed by atoms with Gasteiger partial charge in [0, 0.05) is 18.6 Å². The van der Waals surface area contributed by atoms with Gasteiger partial charge in [0.1, 0.15) is 0 Å². The molecule has 1 unspecified atom stereocenters. The molecule has 0 aliphatic heterocycles. The van der Waals surface area contributed by atoms with E-state index in [1.165, 1.54) is 0 Å². The first-order valence-corrected chi connectivity index (χ1v) is 5.64. The van der Waals surface area contributed by atoms with Crippen LogP contribution in [0.25, 0.3) is 0 Å². The highest BCUT2D eigenvalue weighted by Gasteiger charge is 2.22. The lowest BCUT2D eigenvalue weighted by Crippen LogP contribution is -2.46. The Morgan fingerprint density at radius 1 is 1.47 bits per heavy atom. The molecule has 0 radical (unpaired) electrons. The molecule has 0 aliphatic carbocycles. The maximum atomic E-state index is 11.5. The van der Waals surface area contributed by atoms with Crippen molar-refractivity contribution >= 4 is 5.91 Å². The number of amides is 1. The summed E-state index contributed by atoms with van der Waals surface area (Å²) in [6, 6.07) is 0. The number of carbonyl (C=O) groups is 1. The molecular weight excluding hydrogens is 192 g/mol. The van der Waals surface area contributed by atoms with E-state index in [1.807, 2.05) is 20.9 Å². The first kappa shape index (κ1) is 14.4.